The molecule has 1 fully saturated rings. The van der Waals surface area contributed by atoms with E-state index in [0.29, 0.717) is 6.54 Å². The molecule has 0 bridgehead atoms. The van der Waals surface area contributed by atoms with Crippen LogP contribution in [0.2, 0.25) is 0 Å². The van der Waals surface area contributed by atoms with Gasteiger partial charge in [-0.2, -0.15) is 0 Å². The molecule has 12 heavy (non-hydrogen) atoms. The Balaban J connectivity index is 2.57. The summed E-state index contributed by atoms with van der Waals surface area (Å²) < 4.78 is 0. The summed E-state index contributed by atoms with van der Waals surface area (Å²) >= 11 is 0. The van der Waals surface area contributed by atoms with E-state index >= 15 is 0 Å². The van der Waals surface area contributed by atoms with Gasteiger partial charge in [-0.15, -0.1) is 6.58 Å². The molecule has 1 saturated heterocycles. The van der Waals surface area contributed by atoms with Gasteiger partial charge in [-0.05, 0) is 12.8 Å². The van der Waals surface area contributed by atoms with Gasteiger partial charge in [0, 0.05) is 12.6 Å². The zero-order chi connectivity index (χ0) is 8.97. The number of rotatable bonds is 4. The predicted octanol–water partition coefficient (Wildman–Crippen LogP) is 0.197. The summed E-state index contributed by atoms with van der Waals surface area (Å²) in [6.45, 7) is 4.45. The van der Waals surface area contributed by atoms with E-state index in [-0.39, 0.29) is 18.7 Å². The summed E-state index contributed by atoms with van der Waals surface area (Å²) in [6, 6.07) is 0.137. The first-order chi connectivity index (χ1) is 5.83. The van der Waals surface area contributed by atoms with Crippen LogP contribution in [-0.2, 0) is 4.79 Å². The maximum Gasteiger partial charge on any atom is 0.137 e. The van der Waals surface area contributed by atoms with Crippen LogP contribution in [0.5, 0.6) is 0 Å². The monoisotopic (exact) mass is 169 g/mol. The lowest BCUT2D eigenvalue weighted by molar-refractivity contribution is -0.111. The van der Waals surface area contributed by atoms with Crippen molar-refractivity contribution in [2.45, 2.75) is 24.9 Å². The number of hydrogen-bond donors (Lipinski definition) is 1. The van der Waals surface area contributed by atoms with Crippen LogP contribution in [0.15, 0.2) is 12.7 Å². The van der Waals surface area contributed by atoms with Crippen molar-refractivity contribution < 1.29 is 9.90 Å². The van der Waals surface area contributed by atoms with E-state index in [1.807, 2.05) is 4.90 Å². The third-order valence-electron chi connectivity index (χ3n) is 2.40. The second-order valence-corrected chi connectivity index (χ2v) is 3.10. The smallest absolute Gasteiger partial charge is 0.137 e. The largest absolute Gasteiger partial charge is 0.395 e. The molecule has 0 radical (unpaired) electrons. The minimum atomic E-state index is -0.0138. The van der Waals surface area contributed by atoms with E-state index in [2.05, 4.69) is 6.58 Å². The van der Waals surface area contributed by atoms with E-state index in [1.165, 1.54) is 0 Å². The third-order valence-corrected chi connectivity index (χ3v) is 2.40. The average molecular weight is 169 g/mol. The average Bonchev–Trinajstić information content (AvgIpc) is 2.48. The van der Waals surface area contributed by atoms with Gasteiger partial charge in [-0.25, -0.2) is 0 Å². The highest BCUT2D eigenvalue weighted by molar-refractivity contribution is 5.58. The summed E-state index contributed by atoms with van der Waals surface area (Å²) in [7, 11) is 0. The van der Waals surface area contributed by atoms with Crippen LogP contribution in [0, 0.1) is 0 Å². The summed E-state index contributed by atoms with van der Waals surface area (Å²) in [5.41, 5.74) is 0. The molecule has 0 aromatic rings. The molecule has 0 aromatic carbocycles. The number of carbonyl (C=O) groups is 1. The Morgan fingerprint density at radius 2 is 2.33 bits per heavy atom. The molecule has 2 atom stereocenters. The zero-order valence-electron chi connectivity index (χ0n) is 7.15. The predicted molar refractivity (Wildman–Crippen MR) is 46.9 cm³/mol. The van der Waals surface area contributed by atoms with Crippen LogP contribution in [-0.4, -0.2) is 41.5 Å². The number of aliphatic hydroxyl groups excluding tert-OH is 1. The van der Waals surface area contributed by atoms with E-state index in [9.17, 15) is 4.79 Å². The first kappa shape index (κ1) is 9.42. The van der Waals surface area contributed by atoms with Crippen molar-refractivity contribution in [3.63, 3.8) is 0 Å². The summed E-state index contributed by atoms with van der Waals surface area (Å²) in [6.07, 6.45) is 4.50. The topological polar surface area (TPSA) is 40.5 Å². The van der Waals surface area contributed by atoms with Gasteiger partial charge >= 0.3 is 0 Å². The fourth-order valence-corrected chi connectivity index (χ4v) is 1.74. The highest BCUT2D eigenvalue weighted by Crippen LogP contribution is 2.21. The molecule has 2 unspecified atom stereocenters. The Labute approximate surface area is 72.7 Å². The lowest BCUT2D eigenvalue weighted by Crippen LogP contribution is -2.38. The third kappa shape index (κ3) is 1.73. The number of likely N-dealkylation sites (tertiary alicyclic amines) is 1. The molecule has 3 nitrogen and oxygen atoms in total. The Bertz CT molecular complexity index is 170. The van der Waals surface area contributed by atoms with Crippen LogP contribution in [0.25, 0.3) is 0 Å². The summed E-state index contributed by atoms with van der Waals surface area (Å²) in [5, 5.41) is 8.98. The lowest BCUT2D eigenvalue weighted by atomic mass is 10.2. The number of carbonyl (C=O) groups excluding carboxylic acids is 1. The minimum absolute atomic E-state index is 0.0138. The molecule has 1 N–H and O–H groups in total. The standard InChI is InChI=1S/C9H15NO2/c1-2-5-10-8(6-11)3-4-9(10)7-12/h2,6,8-9,12H,1,3-5,7H2. The fraction of sp³-hybridized carbons (Fsp3) is 0.667. The maximum absolute atomic E-state index is 10.6. The van der Waals surface area contributed by atoms with Crippen molar-refractivity contribution in [1.82, 2.24) is 4.90 Å². The molecule has 0 aromatic heterocycles. The molecule has 0 aliphatic carbocycles. The second-order valence-electron chi connectivity index (χ2n) is 3.10. The summed E-state index contributed by atoms with van der Waals surface area (Å²) in [5.74, 6) is 0. The Morgan fingerprint density at radius 3 is 2.83 bits per heavy atom. The van der Waals surface area contributed by atoms with Gasteiger partial charge in [0.2, 0.25) is 0 Å². The Morgan fingerprint density at radius 1 is 1.58 bits per heavy atom. The Hall–Kier alpha value is -0.670. The molecule has 1 aliphatic rings. The number of hydrogen-bond acceptors (Lipinski definition) is 3. The van der Waals surface area contributed by atoms with Gasteiger partial charge in [-0.3, -0.25) is 4.90 Å². The van der Waals surface area contributed by atoms with E-state index < -0.39 is 0 Å². The molecule has 1 heterocycles. The summed E-state index contributed by atoms with van der Waals surface area (Å²) in [4.78, 5) is 12.6. The van der Waals surface area contributed by atoms with Gasteiger partial charge in [0.15, 0.2) is 0 Å². The van der Waals surface area contributed by atoms with Gasteiger partial charge in [0.05, 0.1) is 12.6 Å². The highest BCUT2D eigenvalue weighted by atomic mass is 16.3. The quantitative estimate of drug-likeness (QED) is 0.482. The minimum Gasteiger partial charge on any atom is -0.395 e. The molecule has 3 heteroatoms. The first-order valence-electron chi connectivity index (χ1n) is 4.26. The van der Waals surface area contributed by atoms with Crippen molar-refractivity contribution in [1.29, 1.82) is 0 Å². The number of nitrogens with zero attached hydrogens (tertiary/aromatic N) is 1. The van der Waals surface area contributed by atoms with Crippen LogP contribution >= 0.6 is 0 Å². The molecular weight excluding hydrogens is 154 g/mol. The van der Waals surface area contributed by atoms with Crippen LogP contribution in [0.4, 0.5) is 0 Å². The van der Waals surface area contributed by atoms with Crippen molar-refractivity contribution >= 4 is 6.29 Å². The molecule has 1 rings (SSSR count). The van der Waals surface area contributed by atoms with Crippen LogP contribution in [0.3, 0.4) is 0 Å². The SMILES string of the molecule is C=CCN1C(C=O)CCC1CO. The second kappa shape index (κ2) is 4.38. The normalized spacial score (nSPS) is 30.4. The zero-order valence-corrected chi connectivity index (χ0v) is 7.15. The van der Waals surface area contributed by atoms with Gasteiger partial charge in [0.1, 0.15) is 6.29 Å². The fourth-order valence-electron chi connectivity index (χ4n) is 1.74. The van der Waals surface area contributed by atoms with Gasteiger partial charge in [-0.1, -0.05) is 6.08 Å². The van der Waals surface area contributed by atoms with Crippen molar-refractivity contribution in [2.75, 3.05) is 13.2 Å². The molecule has 1 aliphatic heterocycles. The lowest BCUT2D eigenvalue weighted by Gasteiger charge is -2.24. The van der Waals surface area contributed by atoms with E-state index in [0.717, 1.165) is 19.1 Å². The molecule has 0 spiro atoms. The molecule has 0 amide bonds. The molecule has 68 valence electrons. The van der Waals surface area contributed by atoms with Crippen molar-refractivity contribution in [3.05, 3.63) is 12.7 Å². The van der Waals surface area contributed by atoms with E-state index in [1.54, 1.807) is 6.08 Å². The maximum atomic E-state index is 10.6. The highest BCUT2D eigenvalue weighted by Gasteiger charge is 2.31. The van der Waals surface area contributed by atoms with Crippen molar-refractivity contribution in [3.8, 4) is 0 Å². The molecule has 0 saturated carbocycles. The van der Waals surface area contributed by atoms with Crippen LogP contribution in [0.1, 0.15) is 12.8 Å². The number of aliphatic hydroxyl groups is 1. The van der Waals surface area contributed by atoms with Crippen LogP contribution < -0.4 is 0 Å². The molecular formula is C9H15NO2. The Kier molecular flexibility index (Phi) is 3.44. The van der Waals surface area contributed by atoms with Gasteiger partial charge < -0.3 is 9.90 Å². The van der Waals surface area contributed by atoms with Gasteiger partial charge in [0.25, 0.3) is 0 Å². The van der Waals surface area contributed by atoms with E-state index in [4.69, 9.17) is 5.11 Å². The first-order valence-corrected chi connectivity index (χ1v) is 4.26. The van der Waals surface area contributed by atoms with Crippen molar-refractivity contribution in [2.24, 2.45) is 0 Å². The number of aldehydes is 1.